The van der Waals surface area contributed by atoms with Gasteiger partial charge in [-0.1, -0.05) is 28.1 Å². The van der Waals surface area contributed by atoms with Crippen LogP contribution in [-0.2, 0) is 6.54 Å². The van der Waals surface area contributed by atoms with Crippen LogP contribution in [0.25, 0.3) is 0 Å². The number of rotatable bonds is 5. The van der Waals surface area contributed by atoms with Crippen molar-refractivity contribution in [1.82, 2.24) is 0 Å². The van der Waals surface area contributed by atoms with Gasteiger partial charge in [0, 0.05) is 21.8 Å². The fourth-order valence-electron chi connectivity index (χ4n) is 2.32. The number of nitrogens with two attached hydrogens (primary N) is 1. The molecule has 2 aromatic rings. The molecule has 1 heterocycles. The number of halogens is 1. The van der Waals surface area contributed by atoms with Crippen LogP contribution >= 0.6 is 28.1 Å². The topological polar surface area (TPSA) is 42.4 Å². The fourth-order valence-corrected chi connectivity index (χ4v) is 2.84. The molecule has 0 bridgehead atoms. The minimum Gasteiger partial charge on any atom is -0.467 e. The maximum Gasteiger partial charge on any atom is 0.123 e. The van der Waals surface area contributed by atoms with E-state index in [0.717, 1.165) is 28.0 Å². The predicted octanol–water partition coefficient (Wildman–Crippen LogP) is 3.85. The smallest absolute Gasteiger partial charge is 0.123 e. The van der Waals surface area contributed by atoms with E-state index < -0.39 is 0 Å². The van der Waals surface area contributed by atoms with Gasteiger partial charge in [-0.05, 0) is 43.2 Å². The number of hydrogen-bond acceptors (Lipinski definition) is 3. The van der Waals surface area contributed by atoms with E-state index in [2.05, 4.69) is 26.9 Å². The third-order valence-electron chi connectivity index (χ3n) is 3.43. The van der Waals surface area contributed by atoms with Crippen LogP contribution in [0.15, 0.2) is 45.5 Å². The second kappa shape index (κ2) is 5.58. The highest BCUT2D eigenvalue weighted by molar-refractivity contribution is 9.10. The number of thiocarbonyl (C=S) groups is 1. The Kier molecular flexibility index (Phi) is 3.81. The van der Waals surface area contributed by atoms with Gasteiger partial charge >= 0.3 is 0 Å². The van der Waals surface area contributed by atoms with E-state index >= 15 is 0 Å². The first-order valence-corrected chi connectivity index (χ1v) is 7.73. The van der Waals surface area contributed by atoms with Crippen LogP contribution in [0.3, 0.4) is 0 Å². The van der Waals surface area contributed by atoms with Crippen molar-refractivity contribution >= 4 is 38.8 Å². The van der Waals surface area contributed by atoms with Crippen LogP contribution in [-0.4, -0.2) is 11.0 Å². The second-order valence-corrected chi connectivity index (χ2v) is 6.32. The van der Waals surface area contributed by atoms with E-state index in [4.69, 9.17) is 22.4 Å². The molecule has 20 heavy (non-hydrogen) atoms. The Labute approximate surface area is 131 Å². The molecule has 3 nitrogen and oxygen atoms in total. The number of hydrogen-bond donors (Lipinski definition) is 1. The molecule has 1 aliphatic carbocycles. The van der Waals surface area contributed by atoms with Gasteiger partial charge < -0.3 is 15.1 Å². The maximum absolute atomic E-state index is 5.86. The van der Waals surface area contributed by atoms with Crippen molar-refractivity contribution in [2.75, 3.05) is 4.90 Å². The second-order valence-electron chi connectivity index (χ2n) is 4.96. The molecule has 1 aliphatic rings. The van der Waals surface area contributed by atoms with E-state index in [-0.39, 0.29) is 0 Å². The van der Waals surface area contributed by atoms with Crippen LogP contribution in [0.1, 0.15) is 24.2 Å². The summed E-state index contributed by atoms with van der Waals surface area (Å²) in [4.78, 5) is 2.76. The number of benzene rings is 1. The number of nitrogens with zero attached hydrogens (tertiary/aromatic N) is 1. The number of furan rings is 1. The van der Waals surface area contributed by atoms with Crippen molar-refractivity contribution in [3.63, 3.8) is 0 Å². The van der Waals surface area contributed by atoms with Crippen LogP contribution in [0.4, 0.5) is 5.69 Å². The first-order chi connectivity index (χ1) is 9.65. The van der Waals surface area contributed by atoms with Crippen molar-refractivity contribution in [2.24, 2.45) is 5.73 Å². The van der Waals surface area contributed by atoms with Gasteiger partial charge in [-0.2, -0.15) is 0 Å². The quantitative estimate of drug-likeness (QED) is 0.831. The summed E-state index contributed by atoms with van der Waals surface area (Å²) in [7, 11) is 0. The molecule has 1 fully saturated rings. The number of anilines is 1. The van der Waals surface area contributed by atoms with Crippen LogP contribution in [0, 0.1) is 0 Å². The predicted molar refractivity (Wildman–Crippen MR) is 87.9 cm³/mol. The molecule has 2 N–H and O–H groups in total. The lowest BCUT2D eigenvalue weighted by Crippen LogP contribution is -2.27. The first-order valence-electron chi connectivity index (χ1n) is 6.53. The van der Waals surface area contributed by atoms with Gasteiger partial charge in [0.1, 0.15) is 10.7 Å². The monoisotopic (exact) mass is 350 g/mol. The molecule has 1 aromatic carbocycles. The Morgan fingerprint density at radius 1 is 1.40 bits per heavy atom. The Balaban J connectivity index is 1.98. The molecule has 0 aliphatic heterocycles. The highest BCUT2D eigenvalue weighted by Gasteiger charge is 2.31. The molecule has 5 heteroatoms. The molecule has 1 saturated carbocycles. The zero-order valence-electron chi connectivity index (χ0n) is 10.9. The molecule has 1 aromatic heterocycles. The van der Waals surface area contributed by atoms with Crippen molar-refractivity contribution in [3.8, 4) is 0 Å². The van der Waals surface area contributed by atoms with Gasteiger partial charge in [0.2, 0.25) is 0 Å². The maximum atomic E-state index is 5.86. The minimum atomic E-state index is 0.428. The first kappa shape index (κ1) is 13.6. The van der Waals surface area contributed by atoms with Gasteiger partial charge in [0.05, 0.1) is 12.8 Å². The zero-order valence-corrected chi connectivity index (χ0v) is 13.3. The Morgan fingerprint density at radius 2 is 2.20 bits per heavy atom. The van der Waals surface area contributed by atoms with Gasteiger partial charge in [-0.15, -0.1) is 0 Å². The molecule has 3 rings (SSSR count). The average Bonchev–Trinajstić information content (AvgIpc) is 3.12. The van der Waals surface area contributed by atoms with Crippen molar-refractivity contribution in [2.45, 2.75) is 25.4 Å². The third kappa shape index (κ3) is 2.88. The molecule has 0 spiro atoms. The highest BCUT2D eigenvalue weighted by atomic mass is 79.9. The summed E-state index contributed by atoms with van der Waals surface area (Å²) in [5.41, 5.74) is 7.86. The third-order valence-corrected chi connectivity index (χ3v) is 4.14. The summed E-state index contributed by atoms with van der Waals surface area (Å²) in [5.74, 6) is 0.950. The Morgan fingerprint density at radius 3 is 2.80 bits per heavy atom. The molecule has 0 amide bonds. The van der Waals surface area contributed by atoms with Gasteiger partial charge in [-0.3, -0.25) is 0 Å². The largest absolute Gasteiger partial charge is 0.467 e. The highest BCUT2D eigenvalue weighted by Crippen LogP contribution is 2.36. The summed E-state index contributed by atoms with van der Waals surface area (Å²) in [6.45, 7) is 0.740. The van der Waals surface area contributed by atoms with E-state index in [1.54, 1.807) is 6.26 Å². The molecular weight excluding hydrogens is 336 g/mol. The van der Waals surface area contributed by atoms with E-state index in [1.165, 1.54) is 12.8 Å². The lowest BCUT2D eigenvalue weighted by Gasteiger charge is -2.26. The van der Waals surface area contributed by atoms with Crippen molar-refractivity contribution in [3.05, 3.63) is 52.4 Å². The summed E-state index contributed by atoms with van der Waals surface area (Å²) in [6.07, 6.45) is 4.10. The van der Waals surface area contributed by atoms with E-state index in [1.807, 2.05) is 24.3 Å². The summed E-state index contributed by atoms with van der Waals surface area (Å²) < 4.78 is 6.50. The van der Waals surface area contributed by atoms with Crippen LogP contribution < -0.4 is 10.6 Å². The summed E-state index contributed by atoms with van der Waals surface area (Å²) >= 11 is 8.71. The minimum absolute atomic E-state index is 0.428. The summed E-state index contributed by atoms with van der Waals surface area (Å²) in [6, 6.07) is 10.5. The summed E-state index contributed by atoms with van der Waals surface area (Å²) in [5, 5.41) is 0. The van der Waals surface area contributed by atoms with Crippen molar-refractivity contribution in [1.29, 1.82) is 0 Å². The molecule has 0 radical (unpaired) electrons. The average molecular weight is 351 g/mol. The molecule has 104 valence electrons. The lowest BCUT2D eigenvalue weighted by atomic mass is 10.1. The molecule has 0 atom stereocenters. The van der Waals surface area contributed by atoms with Crippen LogP contribution in [0.5, 0.6) is 0 Å². The molecule has 0 saturated heterocycles. The normalized spacial score (nSPS) is 14.2. The Hall–Kier alpha value is -1.33. The Bertz CT molecular complexity index is 623. The lowest BCUT2D eigenvalue weighted by molar-refractivity contribution is 0.501. The fraction of sp³-hybridized carbons (Fsp3) is 0.267. The zero-order chi connectivity index (χ0) is 14.1. The SMILES string of the molecule is NC(=S)c1ccc(Br)cc1N(Cc1ccco1)C1CC1. The molecular formula is C15H15BrN2OS. The van der Waals surface area contributed by atoms with E-state index in [0.29, 0.717) is 11.0 Å². The van der Waals surface area contributed by atoms with Crippen molar-refractivity contribution < 1.29 is 4.42 Å². The standard InChI is InChI=1S/C15H15BrN2OS/c16-10-3-6-13(15(17)20)14(8-10)18(11-4-5-11)9-12-2-1-7-19-12/h1-3,6-8,11H,4-5,9H2,(H2,17,20). The van der Waals surface area contributed by atoms with Gasteiger partial charge in [0.25, 0.3) is 0 Å². The molecule has 0 unspecified atom stereocenters. The van der Waals surface area contributed by atoms with Crippen LogP contribution in [0.2, 0.25) is 0 Å². The van der Waals surface area contributed by atoms with E-state index in [9.17, 15) is 0 Å². The van der Waals surface area contributed by atoms with Gasteiger partial charge in [-0.25, -0.2) is 0 Å². The van der Waals surface area contributed by atoms with Gasteiger partial charge in [0.15, 0.2) is 0 Å².